The first-order valence-corrected chi connectivity index (χ1v) is 10.7. The summed E-state index contributed by atoms with van der Waals surface area (Å²) in [5, 5.41) is 4.18. The molecule has 0 aliphatic carbocycles. The monoisotopic (exact) mass is 406 g/mol. The fraction of sp³-hybridized carbons (Fsp3) is 0.435. The zero-order valence-electron chi connectivity index (χ0n) is 17.1. The quantitative estimate of drug-likeness (QED) is 0.652. The van der Waals surface area contributed by atoms with Crippen LogP contribution in [0, 0.1) is 5.92 Å². The summed E-state index contributed by atoms with van der Waals surface area (Å²) in [7, 11) is 0. The highest BCUT2D eigenvalue weighted by atomic mass is 16.4. The molecular weight excluding hydrogens is 380 g/mol. The summed E-state index contributed by atoms with van der Waals surface area (Å²) in [5.41, 5.74) is 1.14. The topological polar surface area (TPSA) is 73.3 Å². The Hall–Kier alpha value is -3.09. The van der Waals surface area contributed by atoms with Crippen LogP contribution in [-0.4, -0.2) is 38.2 Å². The van der Waals surface area contributed by atoms with Gasteiger partial charge in [0.1, 0.15) is 5.76 Å². The van der Waals surface area contributed by atoms with E-state index in [2.05, 4.69) is 12.0 Å². The lowest BCUT2D eigenvalue weighted by Crippen LogP contribution is -2.51. The Morgan fingerprint density at radius 2 is 2.10 bits per heavy atom. The van der Waals surface area contributed by atoms with Gasteiger partial charge in [0.05, 0.1) is 6.54 Å². The molecule has 0 spiro atoms. The van der Waals surface area contributed by atoms with Gasteiger partial charge >= 0.3 is 0 Å². The van der Waals surface area contributed by atoms with E-state index >= 15 is 0 Å². The normalized spacial score (nSPS) is 22.7. The average molecular weight is 406 g/mol. The number of fused-ring (bicyclic) bond motifs is 4. The molecule has 3 atom stereocenters. The van der Waals surface area contributed by atoms with Crippen molar-refractivity contribution < 1.29 is 9.21 Å². The Morgan fingerprint density at radius 1 is 1.20 bits per heavy atom. The molecule has 7 nitrogen and oxygen atoms in total. The van der Waals surface area contributed by atoms with Crippen LogP contribution in [0.5, 0.6) is 0 Å². The van der Waals surface area contributed by atoms with Gasteiger partial charge in [0.2, 0.25) is 0 Å². The van der Waals surface area contributed by atoms with Crippen molar-refractivity contribution in [2.75, 3.05) is 13.1 Å². The third-order valence-electron chi connectivity index (χ3n) is 6.42. The van der Waals surface area contributed by atoms with Gasteiger partial charge in [0, 0.05) is 49.2 Å². The Bertz CT molecular complexity index is 1100. The van der Waals surface area contributed by atoms with E-state index in [9.17, 15) is 9.59 Å². The zero-order chi connectivity index (χ0) is 20.7. The summed E-state index contributed by atoms with van der Waals surface area (Å²) >= 11 is 0. The lowest BCUT2D eigenvalue weighted by atomic mass is 9.77. The lowest BCUT2D eigenvalue weighted by Gasteiger charge is -2.46. The van der Waals surface area contributed by atoms with Gasteiger partial charge in [-0.25, -0.2) is 0 Å². The van der Waals surface area contributed by atoms with Crippen molar-refractivity contribution in [3.8, 4) is 0 Å². The molecule has 5 heterocycles. The predicted molar refractivity (Wildman–Crippen MR) is 111 cm³/mol. The van der Waals surface area contributed by atoms with Gasteiger partial charge in [-0.1, -0.05) is 19.4 Å². The van der Waals surface area contributed by atoms with E-state index in [0.29, 0.717) is 37.1 Å². The molecule has 156 valence electrons. The number of likely N-dealkylation sites (tertiary alicyclic amines) is 1. The summed E-state index contributed by atoms with van der Waals surface area (Å²) in [5.74, 6) is 1.49. The molecule has 0 aromatic carbocycles. The number of rotatable bonds is 5. The molecule has 1 saturated heterocycles. The largest absolute Gasteiger partial charge is 0.454 e. The van der Waals surface area contributed by atoms with Crippen LogP contribution in [0.3, 0.4) is 0 Å². The average Bonchev–Trinajstić information content (AvgIpc) is 3.43. The molecule has 2 aliphatic heterocycles. The molecule has 1 fully saturated rings. The number of pyridine rings is 1. The van der Waals surface area contributed by atoms with E-state index < -0.39 is 0 Å². The van der Waals surface area contributed by atoms with E-state index in [-0.39, 0.29) is 23.4 Å². The molecule has 0 N–H and O–H groups in total. The van der Waals surface area contributed by atoms with Crippen LogP contribution in [-0.2, 0) is 6.54 Å². The number of hydrogen-bond donors (Lipinski definition) is 0. The minimum Gasteiger partial charge on any atom is -0.454 e. The molecule has 30 heavy (non-hydrogen) atoms. The molecule has 2 bridgehead atoms. The first-order chi connectivity index (χ1) is 14.6. The first kappa shape index (κ1) is 18.9. The van der Waals surface area contributed by atoms with Crippen molar-refractivity contribution in [3.05, 3.63) is 76.4 Å². The van der Waals surface area contributed by atoms with Crippen molar-refractivity contribution in [2.45, 2.75) is 44.7 Å². The second-order valence-electron chi connectivity index (χ2n) is 8.39. The third-order valence-corrected chi connectivity index (χ3v) is 6.42. The Labute approximate surface area is 174 Å². The number of nitrogens with zero attached hydrogens (tertiary/aromatic N) is 4. The predicted octanol–water partition coefficient (Wildman–Crippen LogP) is 3.29. The van der Waals surface area contributed by atoms with Crippen molar-refractivity contribution in [1.82, 2.24) is 19.2 Å². The highest BCUT2D eigenvalue weighted by molar-refractivity contribution is 5.91. The number of furan rings is 1. The molecule has 5 rings (SSSR count). The van der Waals surface area contributed by atoms with Crippen molar-refractivity contribution in [3.63, 3.8) is 0 Å². The van der Waals surface area contributed by atoms with Crippen LogP contribution in [0.25, 0.3) is 0 Å². The van der Waals surface area contributed by atoms with E-state index in [0.717, 1.165) is 25.0 Å². The summed E-state index contributed by atoms with van der Waals surface area (Å²) < 4.78 is 9.62. The molecular formula is C23H26N4O3. The van der Waals surface area contributed by atoms with Crippen LogP contribution in [0.1, 0.15) is 60.2 Å². The van der Waals surface area contributed by atoms with E-state index in [1.165, 1.54) is 0 Å². The first-order valence-electron chi connectivity index (χ1n) is 10.7. The Balaban J connectivity index is 1.39. The Kier molecular flexibility index (Phi) is 4.81. The number of carbonyl (C=O) groups excluding carboxylic acids is 1. The summed E-state index contributed by atoms with van der Waals surface area (Å²) in [6.07, 6.45) is 6.57. The van der Waals surface area contributed by atoms with Crippen LogP contribution in [0.4, 0.5) is 0 Å². The maximum Gasteiger partial charge on any atom is 0.289 e. The second-order valence-corrected chi connectivity index (χ2v) is 8.39. The van der Waals surface area contributed by atoms with Gasteiger partial charge in [-0.05, 0) is 43.0 Å². The summed E-state index contributed by atoms with van der Waals surface area (Å²) in [6.45, 7) is 3.93. The SMILES string of the molecule is CCC[C@H]1[C@H]2C[C@H](CN(C(=O)c3ccc(Cn4cccn4)o3)C2)c2cccc(=O)n21. The second kappa shape index (κ2) is 7.63. The molecule has 2 aliphatic rings. The van der Waals surface area contributed by atoms with Gasteiger partial charge in [-0.3, -0.25) is 14.3 Å². The molecule has 0 saturated carbocycles. The zero-order valence-corrected chi connectivity index (χ0v) is 17.1. The van der Waals surface area contributed by atoms with Gasteiger partial charge in [-0.15, -0.1) is 0 Å². The van der Waals surface area contributed by atoms with E-state index in [1.54, 1.807) is 23.0 Å². The molecule has 3 aromatic heterocycles. The fourth-order valence-electron chi connectivity index (χ4n) is 5.16. The standard InChI is InChI=1S/C23H26N4O3/c1-2-5-19-16-12-17(20-6-3-7-22(28)27(19)20)14-25(13-16)23(29)21-9-8-18(30-21)15-26-11-4-10-24-26/h3-4,6-11,16-17,19H,2,5,12-15H2,1H3/t16-,17+,19-/m0/s1. The van der Waals surface area contributed by atoms with Crippen LogP contribution < -0.4 is 5.56 Å². The third kappa shape index (κ3) is 3.28. The molecule has 3 aromatic rings. The van der Waals surface area contributed by atoms with E-state index in [4.69, 9.17) is 4.42 Å². The van der Waals surface area contributed by atoms with Gasteiger partial charge in [0.15, 0.2) is 5.76 Å². The number of carbonyl (C=O) groups is 1. The highest BCUT2D eigenvalue weighted by Crippen LogP contribution is 2.43. The minimum atomic E-state index is -0.0709. The Morgan fingerprint density at radius 3 is 2.90 bits per heavy atom. The van der Waals surface area contributed by atoms with Crippen LogP contribution >= 0.6 is 0 Å². The fourth-order valence-corrected chi connectivity index (χ4v) is 5.16. The van der Waals surface area contributed by atoms with Crippen molar-refractivity contribution >= 4 is 5.91 Å². The van der Waals surface area contributed by atoms with Crippen molar-refractivity contribution in [1.29, 1.82) is 0 Å². The maximum absolute atomic E-state index is 13.2. The number of hydrogen-bond acceptors (Lipinski definition) is 4. The van der Waals surface area contributed by atoms with E-state index in [1.807, 2.05) is 39.9 Å². The summed E-state index contributed by atoms with van der Waals surface area (Å²) in [6, 6.07) is 11.2. The molecule has 0 radical (unpaired) electrons. The molecule has 1 amide bonds. The minimum absolute atomic E-state index is 0.0709. The van der Waals surface area contributed by atoms with Crippen LogP contribution in [0.2, 0.25) is 0 Å². The van der Waals surface area contributed by atoms with Gasteiger partial charge in [-0.2, -0.15) is 5.10 Å². The van der Waals surface area contributed by atoms with Gasteiger partial charge in [0.25, 0.3) is 11.5 Å². The number of aromatic nitrogens is 3. The maximum atomic E-state index is 13.2. The lowest BCUT2D eigenvalue weighted by molar-refractivity contribution is 0.0488. The summed E-state index contributed by atoms with van der Waals surface area (Å²) in [4.78, 5) is 27.8. The van der Waals surface area contributed by atoms with Crippen molar-refractivity contribution in [2.24, 2.45) is 5.92 Å². The van der Waals surface area contributed by atoms with Gasteiger partial charge < -0.3 is 13.9 Å². The van der Waals surface area contributed by atoms with Crippen LogP contribution in [0.15, 0.2) is 58.0 Å². The highest BCUT2D eigenvalue weighted by Gasteiger charge is 2.41. The molecule has 0 unspecified atom stereocenters. The number of piperidine rings is 1. The smallest absolute Gasteiger partial charge is 0.289 e. The molecule has 7 heteroatoms. The number of amides is 1.